The molecule has 0 unspecified atom stereocenters. The summed E-state index contributed by atoms with van der Waals surface area (Å²) in [6.07, 6.45) is 4.50. The third-order valence-electron chi connectivity index (χ3n) is 3.06. The summed E-state index contributed by atoms with van der Waals surface area (Å²) in [6, 6.07) is 8.81. The Morgan fingerprint density at radius 3 is 2.67 bits per heavy atom. The molecule has 0 spiro atoms. The monoisotopic (exact) mass is 262 g/mol. The van der Waals surface area contributed by atoms with Gasteiger partial charge in [0.05, 0.1) is 0 Å². The lowest BCUT2D eigenvalue weighted by molar-refractivity contribution is 0.604. The molecule has 2 aromatic heterocycles. The lowest BCUT2D eigenvalue weighted by Crippen LogP contribution is -2.15. The van der Waals surface area contributed by atoms with E-state index in [2.05, 4.69) is 54.2 Å². The summed E-state index contributed by atoms with van der Waals surface area (Å²) >= 11 is 1.92. The van der Waals surface area contributed by atoms with Crippen molar-refractivity contribution in [2.45, 2.75) is 46.3 Å². The highest BCUT2D eigenvalue weighted by Gasteiger charge is 2.01. The predicted molar refractivity (Wildman–Crippen MR) is 79.0 cm³/mol. The number of nitrogens with zero attached hydrogens (tertiary/aromatic N) is 1. The number of thiophene rings is 1. The Morgan fingerprint density at radius 2 is 1.94 bits per heavy atom. The maximum Gasteiger partial charge on any atom is 0.0362 e. The third kappa shape index (κ3) is 3.47. The van der Waals surface area contributed by atoms with Gasteiger partial charge < -0.3 is 9.88 Å². The molecule has 0 fully saturated rings. The molecule has 98 valence electrons. The lowest BCUT2D eigenvalue weighted by atomic mass is 10.3. The highest BCUT2D eigenvalue weighted by molar-refractivity contribution is 7.11. The molecule has 2 rings (SSSR count). The minimum absolute atomic E-state index is 0.951. The smallest absolute Gasteiger partial charge is 0.0362 e. The van der Waals surface area contributed by atoms with Gasteiger partial charge >= 0.3 is 0 Å². The minimum Gasteiger partial charge on any atom is -0.350 e. The molecule has 0 aliphatic carbocycles. The van der Waals surface area contributed by atoms with Gasteiger partial charge in [-0.05, 0) is 37.1 Å². The molecule has 0 aliphatic heterocycles. The van der Waals surface area contributed by atoms with E-state index in [1.165, 1.54) is 21.9 Å². The second-order valence-corrected chi connectivity index (χ2v) is 5.77. The van der Waals surface area contributed by atoms with Crippen LogP contribution in [0.4, 0.5) is 0 Å². The van der Waals surface area contributed by atoms with Crippen molar-refractivity contribution in [2.75, 3.05) is 0 Å². The Labute approximate surface area is 114 Å². The Hall–Kier alpha value is -1.06. The first-order valence-corrected chi connectivity index (χ1v) is 7.57. The van der Waals surface area contributed by atoms with Crippen LogP contribution in [-0.4, -0.2) is 4.57 Å². The van der Waals surface area contributed by atoms with Crippen molar-refractivity contribution >= 4 is 11.3 Å². The van der Waals surface area contributed by atoms with E-state index in [1.54, 1.807) is 0 Å². The first kappa shape index (κ1) is 13.4. The molecule has 0 saturated heterocycles. The molecular weight excluding hydrogens is 240 g/mol. The van der Waals surface area contributed by atoms with Gasteiger partial charge in [0.25, 0.3) is 0 Å². The Bertz CT molecular complexity index is 470. The molecule has 0 saturated carbocycles. The van der Waals surface area contributed by atoms with Gasteiger partial charge in [0.1, 0.15) is 0 Å². The number of rotatable bonds is 7. The van der Waals surface area contributed by atoms with Crippen LogP contribution in [0.3, 0.4) is 0 Å². The van der Waals surface area contributed by atoms with Gasteiger partial charge in [-0.2, -0.15) is 0 Å². The molecule has 3 heteroatoms. The molecule has 0 radical (unpaired) electrons. The van der Waals surface area contributed by atoms with Crippen LogP contribution >= 0.6 is 11.3 Å². The van der Waals surface area contributed by atoms with Crippen LogP contribution in [0.15, 0.2) is 30.5 Å². The van der Waals surface area contributed by atoms with Crippen molar-refractivity contribution in [2.24, 2.45) is 0 Å². The van der Waals surface area contributed by atoms with Crippen molar-refractivity contribution in [1.29, 1.82) is 0 Å². The van der Waals surface area contributed by atoms with Gasteiger partial charge in [0.15, 0.2) is 0 Å². The van der Waals surface area contributed by atoms with Gasteiger partial charge in [0.2, 0.25) is 0 Å². The lowest BCUT2D eigenvalue weighted by Gasteiger charge is -2.08. The fourth-order valence-electron chi connectivity index (χ4n) is 2.09. The van der Waals surface area contributed by atoms with Crippen molar-refractivity contribution < 1.29 is 0 Å². The summed E-state index contributed by atoms with van der Waals surface area (Å²) in [5.74, 6) is 0. The number of aryl methyl sites for hydroxylation is 2. The molecule has 0 bridgehead atoms. The topological polar surface area (TPSA) is 17.0 Å². The molecule has 2 nitrogen and oxygen atoms in total. The standard InChI is InChI=1S/C15H22N2S/c1-3-9-17-10-5-6-13(17)11-16-12-15-8-7-14(4-2)18-15/h5-8,10,16H,3-4,9,11-12H2,1-2H3. The number of aromatic nitrogens is 1. The summed E-state index contributed by atoms with van der Waals surface area (Å²) in [6.45, 7) is 7.47. The quantitative estimate of drug-likeness (QED) is 0.803. The van der Waals surface area contributed by atoms with Crippen LogP contribution in [0.25, 0.3) is 0 Å². The molecule has 1 N–H and O–H groups in total. The van der Waals surface area contributed by atoms with E-state index in [4.69, 9.17) is 0 Å². The van der Waals surface area contributed by atoms with E-state index < -0.39 is 0 Å². The van der Waals surface area contributed by atoms with Crippen molar-refractivity contribution in [3.05, 3.63) is 45.9 Å². The maximum absolute atomic E-state index is 3.53. The second-order valence-electron chi connectivity index (χ2n) is 4.52. The Balaban J connectivity index is 1.82. The summed E-state index contributed by atoms with van der Waals surface area (Å²) in [5.41, 5.74) is 1.38. The summed E-state index contributed by atoms with van der Waals surface area (Å²) in [5, 5.41) is 3.53. The summed E-state index contributed by atoms with van der Waals surface area (Å²) < 4.78 is 2.33. The van der Waals surface area contributed by atoms with Gasteiger partial charge in [-0.3, -0.25) is 0 Å². The molecule has 18 heavy (non-hydrogen) atoms. The van der Waals surface area contributed by atoms with Crippen molar-refractivity contribution in [3.63, 3.8) is 0 Å². The number of nitrogens with one attached hydrogen (secondary N) is 1. The van der Waals surface area contributed by atoms with E-state index in [0.29, 0.717) is 0 Å². The van der Waals surface area contributed by atoms with Crippen LogP contribution < -0.4 is 5.32 Å². The molecule has 0 amide bonds. The Kier molecular flexibility index (Phi) is 5.02. The van der Waals surface area contributed by atoms with E-state index in [-0.39, 0.29) is 0 Å². The molecule has 0 aliphatic rings. The normalized spacial score (nSPS) is 11.0. The van der Waals surface area contributed by atoms with E-state index >= 15 is 0 Å². The van der Waals surface area contributed by atoms with Crippen LogP contribution in [-0.2, 0) is 26.1 Å². The zero-order valence-electron chi connectivity index (χ0n) is 11.3. The molecule has 0 aromatic carbocycles. The predicted octanol–water partition coefficient (Wildman–Crippen LogP) is 3.81. The van der Waals surface area contributed by atoms with E-state index in [1.807, 2.05) is 11.3 Å². The first-order valence-electron chi connectivity index (χ1n) is 6.75. The zero-order chi connectivity index (χ0) is 12.8. The largest absolute Gasteiger partial charge is 0.350 e. The third-order valence-corrected chi connectivity index (χ3v) is 4.29. The molecular formula is C15H22N2S. The van der Waals surface area contributed by atoms with E-state index in [9.17, 15) is 0 Å². The maximum atomic E-state index is 3.53. The van der Waals surface area contributed by atoms with Crippen molar-refractivity contribution in [1.82, 2.24) is 9.88 Å². The fourth-order valence-corrected chi connectivity index (χ4v) is 3.02. The first-order chi connectivity index (χ1) is 8.83. The molecule has 0 atom stereocenters. The SMILES string of the molecule is CCCn1cccc1CNCc1ccc(CC)s1. The van der Waals surface area contributed by atoms with Gasteiger partial charge in [-0.25, -0.2) is 0 Å². The molecule has 2 heterocycles. The average Bonchev–Trinajstić information content (AvgIpc) is 3.00. The highest BCUT2D eigenvalue weighted by atomic mass is 32.1. The van der Waals surface area contributed by atoms with Crippen molar-refractivity contribution in [3.8, 4) is 0 Å². The number of hydrogen-bond donors (Lipinski definition) is 1. The fraction of sp³-hybridized carbons (Fsp3) is 0.467. The average molecular weight is 262 g/mol. The molecule has 2 aromatic rings. The van der Waals surface area contributed by atoms with Crippen LogP contribution in [0.1, 0.15) is 35.7 Å². The van der Waals surface area contributed by atoms with Crippen LogP contribution in [0.5, 0.6) is 0 Å². The van der Waals surface area contributed by atoms with Gasteiger partial charge in [0, 0.05) is 41.3 Å². The zero-order valence-corrected chi connectivity index (χ0v) is 12.1. The van der Waals surface area contributed by atoms with Crippen LogP contribution in [0, 0.1) is 0 Å². The summed E-state index contributed by atoms with van der Waals surface area (Å²) in [4.78, 5) is 2.90. The van der Waals surface area contributed by atoms with Gasteiger partial charge in [-0.1, -0.05) is 13.8 Å². The van der Waals surface area contributed by atoms with Gasteiger partial charge in [-0.15, -0.1) is 11.3 Å². The Morgan fingerprint density at radius 1 is 1.11 bits per heavy atom. The summed E-state index contributed by atoms with van der Waals surface area (Å²) in [7, 11) is 0. The number of hydrogen-bond acceptors (Lipinski definition) is 2. The van der Waals surface area contributed by atoms with Crippen LogP contribution in [0.2, 0.25) is 0 Å². The second kappa shape index (κ2) is 6.76. The highest BCUT2D eigenvalue weighted by Crippen LogP contribution is 2.16. The van der Waals surface area contributed by atoms with E-state index in [0.717, 1.165) is 26.1 Å². The minimum atomic E-state index is 0.951.